The number of thioether (sulfide) groups is 1. The number of nitrogens with zero attached hydrogens (tertiary/aromatic N) is 2. The summed E-state index contributed by atoms with van der Waals surface area (Å²) < 4.78 is 1.46. The van der Waals surface area contributed by atoms with Crippen molar-refractivity contribution in [2.75, 3.05) is 11.6 Å². The first-order valence-corrected chi connectivity index (χ1v) is 9.32. The number of fused-ring (bicyclic) bond motifs is 1. The summed E-state index contributed by atoms with van der Waals surface area (Å²) in [5.41, 5.74) is 3.09. The molecule has 0 atom stereocenters. The van der Waals surface area contributed by atoms with Gasteiger partial charge in [-0.2, -0.15) is 0 Å². The predicted octanol–water partition coefficient (Wildman–Crippen LogP) is 3.05. The summed E-state index contributed by atoms with van der Waals surface area (Å²) in [6.07, 6.45) is 4.39. The van der Waals surface area contributed by atoms with Crippen molar-refractivity contribution in [1.82, 2.24) is 9.55 Å². The van der Waals surface area contributed by atoms with Gasteiger partial charge in [-0.25, -0.2) is 4.98 Å². The Kier molecular flexibility index (Phi) is 4.96. The van der Waals surface area contributed by atoms with E-state index in [0.29, 0.717) is 15.9 Å². The highest BCUT2D eigenvalue weighted by molar-refractivity contribution is 7.98. The number of rotatable bonds is 4. The van der Waals surface area contributed by atoms with Crippen molar-refractivity contribution in [2.45, 2.75) is 37.9 Å². The van der Waals surface area contributed by atoms with Gasteiger partial charge >= 0.3 is 0 Å². The molecule has 0 saturated heterocycles. The van der Waals surface area contributed by atoms with Gasteiger partial charge in [0, 0.05) is 16.3 Å². The average Bonchev–Trinajstić information content (AvgIpc) is 3.02. The summed E-state index contributed by atoms with van der Waals surface area (Å²) >= 11 is 7.45. The Morgan fingerprint density at radius 3 is 2.92 bits per heavy atom. The number of nitrogens with one attached hydrogen (secondary N) is 1. The SMILES string of the molecule is CSc1nc2c(c(=O)n1CC(=O)Nc1ccc(C)c(Cl)c1)CCC2. The highest BCUT2D eigenvalue weighted by Crippen LogP contribution is 2.21. The Morgan fingerprint density at radius 2 is 2.21 bits per heavy atom. The van der Waals surface area contributed by atoms with Crippen molar-refractivity contribution in [3.05, 3.63) is 50.4 Å². The highest BCUT2D eigenvalue weighted by Gasteiger charge is 2.21. The van der Waals surface area contributed by atoms with Gasteiger partial charge in [-0.1, -0.05) is 29.4 Å². The summed E-state index contributed by atoms with van der Waals surface area (Å²) in [4.78, 5) is 29.5. The summed E-state index contributed by atoms with van der Waals surface area (Å²) in [5, 5.41) is 3.96. The molecule has 0 radical (unpaired) electrons. The first-order valence-electron chi connectivity index (χ1n) is 7.72. The van der Waals surface area contributed by atoms with Crippen LogP contribution >= 0.6 is 23.4 Å². The lowest BCUT2D eigenvalue weighted by Crippen LogP contribution is -2.32. The summed E-state index contributed by atoms with van der Waals surface area (Å²) in [5.74, 6) is -0.271. The molecule has 2 aromatic rings. The average molecular weight is 364 g/mol. The molecule has 1 heterocycles. The number of halogens is 1. The maximum absolute atomic E-state index is 12.6. The standard InChI is InChI=1S/C17H18ClN3O2S/c1-10-6-7-11(8-13(10)18)19-15(22)9-21-16(23)12-4-3-5-14(12)20-17(21)24-2/h6-8H,3-5,9H2,1-2H3,(H,19,22). The van der Waals surface area contributed by atoms with Crippen LogP contribution in [0.1, 0.15) is 23.2 Å². The van der Waals surface area contributed by atoms with Crippen LogP contribution in [0.25, 0.3) is 0 Å². The van der Waals surface area contributed by atoms with Crippen LogP contribution < -0.4 is 10.9 Å². The lowest BCUT2D eigenvalue weighted by molar-refractivity contribution is -0.116. The molecule has 0 aliphatic heterocycles. The Labute approximate surface area is 149 Å². The molecular formula is C17H18ClN3O2S. The largest absolute Gasteiger partial charge is 0.324 e. The molecule has 24 heavy (non-hydrogen) atoms. The fraction of sp³-hybridized carbons (Fsp3) is 0.353. The molecule has 0 saturated carbocycles. The number of benzene rings is 1. The number of amides is 1. The lowest BCUT2D eigenvalue weighted by atomic mass is 10.2. The van der Waals surface area contributed by atoms with E-state index in [1.165, 1.54) is 16.3 Å². The molecule has 0 bridgehead atoms. The zero-order chi connectivity index (χ0) is 17.3. The van der Waals surface area contributed by atoms with E-state index in [1.54, 1.807) is 12.1 Å². The quantitative estimate of drug-likeness (QED) is 0.669. The fourth-order valence-corrected chi connectivity index (χ4v) is 3.57. The van der Waals surface area contributed by atoms with E-state index in [-0.39, 0.29) is 18.0 Å². The van der Waals surface area contributed by atoms with E-state index in [0.717, 1.165) is 36.1 Å². The van der Waals surface area contributed by atoms with Gasteiger partial charge in [0.2, 0.25) is 5.91 Å². The van der Waals surface area contributed by atoms with Crippen LogP contribution in [0.3, 0.4) is 0 Å². The molecule has 0 spiro atoms. The Balaban J connectivity index is 1.84. The monoisotopic (exact) mass is 363 g/mol. The maximum Gasteiger partial charge on any atom is 0.258 e. The van der Waals surface area contributed by atoms with Gasteiger partial charge in [0.15, 0.2) is 5.16 Å². The van der Waals surface area contributed by atoms with Gasteiger partial charge in [0.1, 0.15) is 6.54 Å². The molecule has 1 N–H and O–H groups in total. The van der Waals surface area contributed by atoms with Crippen LogP contribution in [0, 0.1) is 6.92 Å². The zero-order valence-corrected chi connectivity index (χ0v) is 15.1. The van der Waals surface area contributed by atoms with Crippen molar-refractivity contribution in [3.8, 4) is 0 Å². The van der Waals surface area contributed by atoms with Gasteiger partial charge in [0.25, 0.3) is 5.56 Å². The minimum Gasteiger partial charge on any atom is -0.324 e. The predicted molar refractivity (Wildman–Crippen MR) is 97.1 cm³/mol. The molecule has 3 rings (SSSR count). The molecule has 1 amide bonds. The van der Waals surface area contributed by atoms with Crippen molar-refractivity contribution in [2.24, 2.45) is 0 Å². The molecule has 0 fully saturated rings. The van der Waals surface area contributed by atoms with Crippen LogP contribution in [0.2, 0.25) is 5.02 Å². The van der Waals surface area contributed by atoms with E-state index in [9.17, 15) is 9.59 Å². The van der Waals surface area contributed by atoms with Crippen molar-refractivity contribution >= 4 is 35.0 Å². The number of hydrogen-bond donors (Lipinski definition) is 1. The van der Waals surface area contributed by atoms with E-state index < -0.39 is 0 Å². The van der Waals surface area contributed by atoms with Crippen LogP contribution in [0.5, 0.6) is 0 Å². The van der Waals surface area contributed by atoms with E-state index in [2.05, 4.69) is 10.3 Å². The third kappa shape index (κ3) is 3.35. The zero-order valence-electron chi connectivity index (χ0n) is 13.6. The highest BCUT2D eigenvalue weighted by atomic mass is 35.5. The van der Waals surface area contributed by atoms with Crippen molar-refractivity contribution < 1.29 is 4.79 Å². The molecule has 1 aromatic carbocycles. The number of carbonyl (C=O) groups excluding carboxylic acids is 1. The molecule has 7 heteroatoms. The summed E-state index contributed by atoms with van der Waals surface area (Å²) in [6.45, 7) is 1.84. The third-order valence-corrected chi connectivity index (χ3v) is 5.18. The van der Waals surface area contributed by atoms with Crippen LogP contribution in [0.4, 0.5) is 5.69 Å². The Hall–Kier alpha value is -1.79. The molecule has 126 valence electrons. The lowest BCUT2D eigenvalue weighted by Gasteiger charge is -2.13. The van der Waals surface area contributed by atoms with Crippen LogP contribution in [-0.2, 0) is 24.2 Å². The van der Waals surface area contributed by atoms with Gasteiger partial charge in [0.05, 0.1) is 5.69 Å². The second-order valence-corrected chi connectivity index (χ2v) is 6.96. The molecule has 1 aromatic heterocycles. The first kappa shape index (κ1) is 17.0. The summed E-state index contributed by atoms with van der Waals surface area (Å²) in [6, 6.07) is 5.33. The number of hydrogen-bond acceptors (Lipinski definition) is 4. The van der Waals surface area contributed by atoms with E-state index in [1.807, 2.05) is 19.2 Å². The Morgan fingerprint density at radius 1 is 1.42 bits per heavy atom. The summed E-state index contributed by atoms with van der Waals surface area (Å²) in [7, 11) is 0. The van der Waals surface area contributed by atoms with Crippen molar-refractivity contribution in [1.29, 1.82) is 0 Å². The minimum absolute atomic E-state index is 0.0548. The topological polar surface area (TPSA) is 64.0 Å². The smallest absolute Gasteiger partial charge is 0.258 e. The Bertz CT molecular complexity index is 864. The van der Waals surface area contributed by atoms with E-state index >= 15 is 0 Å². The van der Waals surface area contributed by atoms with Gasteiger partial charge in [-0.3, -0.25) is 14.2 Å². The normalized spacial score (nSPS) is 13.0. The number of aromatic nitrogens is 2. The number of carbonyl (C=O) groups is 1. The van der Waals surface area contributed by atoms with Gasteiger partial charge in [-0.05, 0) is 50.1 Å². The maximum atomic E-state index is 12.6. The van der Waals surface area contributed by atoms with Crippen molar-refractivity contribution in [3.63, 3.8) is 0 Å². The third-order valence-electron chi connectivity index (χ3n) is 4.09. The first-order chi connectivity index (χ1) is 11.5. The second-order valence-electron chi connectivity index (χ2n) is 5.78. The molecule has 5 nitrogen and oxygen atoms in total. The molecule has 0 unspecified atom stereocenters. The molecular weight excluding hydrogens is 346 g/mol. The second kappa shape index (κ2) is 6.99. The molecule has 1 aliphatic carbocycles. The fourth-order valence-electron chi connectivity index (χ4n) is 2.82. The minimum atomic E-state index is -0.271. The van der Waals surface area contributed by atoms with Crippen LogP contribution in [0.15, 0.2) is 28.2 Å². The van der Waals surface area contributed by atoms with E-state index in [4.69, 9.17) is 11.6 Å². The van der Waals surface area contributed by atoms with Gasteiger partial charge in [-0.15, -0.1) is 0 Å². The number of aryl methyl sites for hydroxylation is 2. The number of anilines is 1. The molecule has 1 aliphatic rings. The van der Waals surface area contributed by atoms with Gasteiger partial charge < -0.3 is 5.32 Å². The van der Waals surface area contributed by atoms with Crippen LogP contribution in [-0.4, -0.2) is 21.7 Å².